The number of nitrogens with one attached hydrogen (secondary N) is 1. The van der Waals surface area contributed by atoms with Crippen LogP contribution in [0.2, 0.25) is 0 Å². The van der Waals surface area contributed by atoms with Gasteiger partial charge in [0.2, 0.25) is 0 Å². The van der Waals surface area contributed by atoms with Crippen molar-refractivity contribution in [2.24, 2.45) is 17.8 Å². The van der Waals surface area contributed by atoms with Crippen molar-refractivity contribution in [2.45, 2.75) is 36.2 Å². The molecule has 4 rings (SSSR count). The lowest BCUT2D eigenvalue weighted by Crippen LogP contribution is -2.48. The SMILES string of the molecule is COc1ccc([N+](=O)[O-])cc1NC(=O)COC(=O)C1C[C@H]2CCC[C@@H](C1)C21SCCS1. The molecule has 3 atom stereocenters. The topological polar surface area (TPSA) is 108 Å². The number of benzene rings is 1. The highest BCUT2D eigenvalue weighted by atomic mass is 32.2. The van der Waals surface area contributed by atoms with E-state index in [4.69, 9.17) is 9.47 Å². The Hall–Kier alpha value is -1.94. The Bertz CT molecular complexity index is 857. The number of rotatable bonds is 6. The van der Waals surface area contributed by atoms with Crippen LogP contribution in [0.5, 0.6) is 5.75 Å². The van der Waals surface area contributed by atoms with E-state index in [0.29, 0.717) is 17.6 Å². The van der Waals surface area contributed by atoms with Crippen LogP contribution in [0.1, 0.15) is 32.1 Å². The molecular formula is C21H26N2O6S2. The molecule has 3 fully saturated rings. The summed E-state index contributed by atoms with van der Waals surface area (Å²) in [4.78, 5) is 35.5. The van der Waals surface area contributed by atoms with Crippen molar-refractivity contribution in [3.8, 4) is 5.75 Å². The molecule has 3 aliphatic rings. The molecule has 10 heteroatoms. The van der Waals surface area contributed by atoms with Crippen LogP contribution in [0.4, 0.5) is 11.4 Å². The average molecular weight is 467 g/mol. The van der Waals surface area contributed by atoms with E-state index < -0.39 is 17.4 Å². The number of esters is 1. The molecule has 1 spiro atoms. The summed E-state index contributed by atoms with van der Waals surface area (Å²) in [6.45, 7) is -0.425. The zero-order chi connectivity index (χ0) is 22.0. The van der Waals surface area contributed by atoms with E-state index in [1.807, 2.05) is 0 Å². The summed E-state index contributed by atoms with van der Waals surface area (Å²) in [6, 6.07) is 3.93. The van der Waals surface area contributed by atoms with Crippen LogP contribution < -0.4 is 10.1 Å². The van der Waals surface area contributed by atoms with Crippen LogP contribution in [0.3, 0.4) is 0 Å². The van der Waals surface area contributed by atoms with Crippen molar-refractivity contribution in [1.29, 1.82) is 0 Å². The van der Waals surface area contributed by atoms with Crippen LogP contribution in [0.15, 0.2) is 18.2 Å². The molecule has 1 amide bonds. The number of methoxy groups -OCH3 is 1. The van der Waals surface area contributed by atoms with E-state index in [0.717, 1.165) is 25.7 Å². The molecule has 0 radical (unpaired) electrons. The van der Waals surface area contributed by atoms with Crippen molar-refractivity contribution < 1.29 is 24.0 Å². The quantitative estimate of drug-likeness (QED) is 0.379. The van der Waals surface area contributed by atoms with Crippen molar-refractivity contribution in [1.82, 2.24) is 0 Å². The molecule has 8 nitrogen and oxygen atoms in total. The van der Waals surface area contributed by atoms with Gasteiger partial charge in [-0.15, -0.1) is 23.5 Å². The van der Waals surface area contributed by atoms with Gasteiger partial charge in [0.15, 0.2) is 6.61 Å². The van der Waals surface area contributed by atoms with E-state index in [2.05, 4.69) is 28.8 Å². The van der Waals surface area contributed by atoms with Gasteiger partial charge in [0, 0.05) is 23.6 Å². The number of hydrogen-bond donors (Lipinski definition) is 1. The number of carbonyl (C=O) groups excluding carboxylic acids is 2. The number of nitro groups is 1. The van der Waals surface area contributed by atoms with Gasteiger partial charge in [0.05, 0.1) is 27.7 Å². The fourth-order valence-electron chi connectivity index (χ4n) is 5.15. The van der Waals surface area contributed by atoms with Gasteiger partial charge in [-0.3, -0.25) is 19.7 Å². The molecule has 1 heterocycles. The molecular weight excluding hydrogens is 440 g/mol. The number of ether oxygens (including phenoxy) is 2. The molecule has 0 aromatic heterocycles. The van der Waals surface area contributed by atoms with Gasteiger partial charge in [-0.2, -0.15) is 0 Å². The summed E-state index contributed by atoms with van der Waals surface area (Å²) in [5, 5.41) is 13.5. The Kier molecular flexibility index (Phi) is 6.66. The second kappa shape index (κ2) is 9.28. The molecule has 31 heavy (non-hydrogen) atoms. The number of nitro benzene ring substituents is 1. The van der Waals surface area contributed by atoms with Crippen LogP contribution in [-0.4, -0.2) is 46.1 Å². The predicted molar refractivity (Wildman–Crippen MR) is 120 cm³/mol. The first kappa shape index (κ1) is 22.3. The van der Waals surface area contributed by atoms with Crippen molar-refractivity contribution in [3.63, 3.8) is 0 Å². The third-order valence-electron chi connectivity index (χ3n) is 6.47. The molecule has 2 aliphatic carbocycles. The third kappa shape index (κ3) is 4.50. The maximum absolute atomic E-state index is 12.7. The summed E-state index contributed by atoms with van der Waals surface area (Å²) < 4.78 is 10.8. The zero-order valence-corrected chi connectivity index (χ0v) is 19.0. The Morgan fingerprint density at radius 3 is 2.52 bits per heavy atom. The first-order chi connectivity index (χ1) is 14.9. The van der Waals surface area contributed by atoms with Crippen molar-refractivity contribution in [3.05, 3.63) is 28.3 Å². The maximum atomic E-state index is 12.7. The van der Waals surface area contributed by atoms with Gasteiger partial charge >= 0.3 is 5.97 Å². The largest absolute Gasteiger partial charge is 0.495 e. The number of carbonyl (C=O) groups is 2. The fraction of sp³-hybridized carbons (Fsp3) is 0.619. The van der Waals surface area contributed by atoms with Crippen LogP contribution in [0.25, 0.3) is 0 Å². The lowest BCUT2D eigenvalue weighted by molar-refractivity contribution is -0.384. The second-order valence-electron chi connectivity index (χ2n) is 8.21. The van der Waals surface area contributed by atoms with E-state index >= 15 is 0 Å². The van der Waals surface area contributed by atoms with Crippen molar-refractivity contribution >= 4 is 46.8 Å². The fourth-order valence-corrected chi connectivity index (χ4v) is 9.09. The van der Waals surface area contributed by atoms with Gasteiger partial charge in [0.25, 0.3) is 11.6 Å². The number of hydrogen-bond acceptors (Lipinski definition) is 8. The first-order valence-electron chi connectivity index (χ1n) is 10.5. The molecule has 1 aromatic carbocycles. The van der Waals surface area contributed by atoms with Gasteiger partial charge in [-0.05, 0) is 43.6 Å². The lowest BCUT2D eigenvalue weighted by Gasteiger charge is -2.51. The van der Waals surface area contributed by atoms with Crippen molar-refractivity contribution in [2.75, 3.05) is 30.5 Å². The summed E-state index contributed by atoms with van der Waals surface area (Å²) in [5.74, 6) is 2.69. The highest BCUT2D eigenvalue weighted by Crippen LogP contribution is 2.64. The van der Waals surface area contributed by atoms with Crippen LogP contribution >= 0.6 is 23.5 Å². The molecule has 1 saturated heterocycles. The molecule has 1 aliphatic heterocycles. The smallest absolute Gasteiger partial charge is 0.309 e. The number of thioether (sulfide) groups is 2. The second-order valence-corrected chi connectivity index (χ2v) is 11.2. The highest BCUT2D eigenvalue weighted by molar-refractivity contribution is 8.21. The van der Waals surface area contributed by atoms with E-state index in [1.54, 1.807) is 0 Å². The monoisotopic (exact) mass is 466 g/mol. The van der Waals surface area contributed by atoms with Gasteiger partial charge in [-0.25, -0.2) is 0 Å². The molecule has 1 aromatic rings. The van der Waals surface area contributed by atoms with Crippen LogP contribution in [0, 0.1) is 27.9 Å². The Morgan fingerprint density at radius 1 is 1.23 bits per heavy atom. The molecule has 168 valence electrons. The Labute approximate surface area is 189 Å². The van der Waals surface area contributed by atoms with Gasteiger partial charge in [-0.1, -0.05) is 6.42 Å². The lowest BCUT2D eigenvalue weighted by atomic mass is 9.67. The zero-order valence-electron chi connectivity index (χ0n) is 17.3. The highest BCUT2D eigenvalue weighted by Gasteiger charge is 2.55. The molecule has 2 bridgehead atoms. The summed E-state index contributed by atoms with van der Waals surface area (Å²) >= 11 is 4.17. The summed E-state index contributed by atoms with van der Waals surface area (Å²) in [7, 11) is 1.41. The molecule has 1 N–H and O–H groups in total. The van der Waals surface area contributed by atoms with E-state index in [1.165, 1.54) is 43.2 Å². The maximum Gasteiger partial charge on any atom is 0.309 e. The minimum Gasteiger partial charge on any atom is -0.495 e. The van der Waals surface area contributed by atoms with Gasteiger partial charge < -0.3 is 14.8 Å². The number of anilines is 1. The minimum atomic E-state index is -0.554. The molecule has 2 saturated carbocycles. The minimum absolute atomic E-state index is 0.164. The normalized spacial score (nSPS) is 26.3. The Morgan fingerprint density at radius 2 is 1.90 bits per heavy atom. The third-order valence-corrected chi connectivity index (χ3v) is 10.5. The van der Waals surface area contributed by atoms with E-state index in [-0.39, 0.29) is 27.3 Å². The standard InChI is InChI=1S/C21H26N2O6S2/c1-28-18-6-5-16(23(26)27)11-17(18)22-19(24)12-29-20(25)13-9-14-3-2-4-15(10-13)21(14)30-7-8-31-21/h5-6,11,13-15H,2-4,7-10,12H2,1H3,(H,22,24)/t13?,14-,15+. The Balaban J connectivity index is 1.34. The van der Waals surface area contributed by atoms with E-state index in [9.17, 15) is 19.7 Å². The summed E-state index contributed by atoms with van der Waals surface area (Å²) in [5.41, 5.74) is 0.000550. The predicted octanol–water partition coefficient (Wildman–Crippen LogP) is 4.09. The number of amides is 1. The molecule has 1 unspecified atom stereocenters. The van der Waals surface area contributed by atoms with Gasteiger partial charge in [0.1, 0.15) is 5.75 Å². The first-order valence-corrected chi connectivity index (χ1v) is 12.5. The average Bonchev–Trinajstić information content (AvgIpc) is 3.21. The summed E-state index contributed by atoms with van der Waals surface area (Å²) in [6.07, 6.45) is 5.21. The number of nitrogens with zero attached hydrogens (tertiary/aromatic N) is 1. The van der Waals surface area contributed by atoms with Crippen LogP contribution in [-0.2, 0) is 14.3 Å². The number of non-ortho nitro benzene ring substituents is 1.